The van der Waals surface area contributed by atoms with Gasteiger partial charge in [-0.05, 0) is 32.9 Å². The molecule has 0 saturated carbocycles. The van der Waals surface area contributed by atoms with Gasteiger partial charge in [-0.2, -0.15) is 10.2 Å². The summed E-state index contributed by atoms with van der Waals surface area (Å²) in [6.45, 7) is 7.09. The largest absolute Gasteiger partial charge is 0.467 e. The number of nitrogens with zero attached hydrogens (tertiary/aromatic N) is 4. The molecule has 0 fully saturated rings. The van der Waals surface area contributed by atoms with Crippen molar-refractivity contribution in [2.45, 2.75) is 40.4 Å². The summed E-state index contributed by atoms with van der Waals surface area (Å²) in [6, 6.07) is 3.51. The van der Waals surface area contributed by atoms with Crippen molar-refractivity contribution >= 4 is 17.5 Å². The van der Waals surface area contributed by atoms with E-state index >= 15 is 0 Å². The summed E-state index contributed by atoms with van der Waals surface area (Å²) in [5.41, 5.74) is 1.59. The number of anilines is 1. The highest BCUT2D eigenvalue weighted by molar-refractivity contribution is 6.08. The Hall–Kier alpha value is -3.36. The van der Waals surface area contributed by atoms with Crippen LogP contribution in [0.15, 0.2) is 35.2 Å². The average Bonchev–Trinajstić information content (AvgIpc) is 3.39. The van der Waals surface area contributed by atoms with Gasteiger partial charge in [0, 0.05) is 25.5 Å². The van der Waals surface area contributed by atoms with Crippen molar-refractivity contribution in [2.75, 3.05) is 5.32 Å². The van der Waals surface area contributed by atoms with Crippen LogP contribution in [0.5, 0.6) is 0 Å². The molecule has 0 bridgehead atoms. The van der Waals surface area contributed by atoms with Crippen LogP contribution in [0.4, 0.5) is 5.69 Å². The number of carbonyl (C=O) groups excluding carboxylic acids is 2. The molecule has 0 unspecified atom stereocenters. The minimum Gasteiger partial charge on any atom is -0.467 e. The quantitative estimate of drug-likeness (QED) is 0.663. The smallest absolute Gasteiger partial charge is 0.274 e. The Morgan fingerprint density at radius 1 is 1.11 bits per heavy atom. The van der Waals surface area contributed by atoms with Crippen LogP contribution in [-0.2, 0) is 19.6 Å². The van der Waals surface area contributed by atoms with Gasteiger partial charge in [0.05, 0.1) is 29.8 Å². The first-order valence-electron chi connectivity index (χ1n) is 8.75. The minimum absolute atomic E-state index is 0.150. The lowest BCUT2D eigenvalue weighted by Crippen LogP contribution is -2.25. The van der Waals surface area contributed by atoms with Crippen molar-refractivity contribution < 1.29 is 14.0 Å². The van der Waals surface area contributed by atoms with Gasteiger partial charge in [0.25, 0.3) is 11.8 Å². The predicted octanol–water partition coefficient (Wildman–Crippen LogP) is 2.20. The second-order valence-electron chi connectivity index (χ2n) is 5.95. The average molecular weight is 370 g/mol. The van der Waals surface area contributed by atoms with Crippen LogP contribution in [0.1, 0.15) is 46.1 Å². The van der Waals surface area contributed by atoms with Crippen molar-refractivity contribution in [3.05, 3.63) is 53.5 Å². The zero-order chi connectivity index (χ0) is 19.4. The standard InChI is InChI=1S/C18H22N6O3/c1-4-23-10-14(12(3)21-23)17(25)20-15-11-24(5-2)22-16(15)18(26)19-9-13-7-6-8-27-13/h6-8,10-11H,4-5,9H2,1-3H3,(H,19,26)(H,20,25). The number of hydrogen-bond acceptors (Lipinski definition) is 5. The topological polar surface area (TPSA) is 107 Å². The molecule has 142 valence electrons. The van der Waals surface area contributed by atoms with E-state index in [9.17, 15) is 9.59 Å². The van der Waals surface area contributed by atoms with E-state index in [1.165, 1.54) is 6.26 Å². The zero-order valence-electron chi connectivity index (χ0n) is 15.5. The molecule has 0 atom stereocenters. The number of hydrogen-bond donors (Lipinski definition) is 2. The number of rotatable bonds is 7. The van der Waals surface area contributed by atoms with E-state index in [0.29, 0.717) is 35.8 Å². The molecule has 0 aliphatic rings. The molecule has 0 saturated heterocycles. The second kappa shape index (κ2) is 7.90. The molecule has 0 radical (unpaired) electrons. The van der Waals surface area contributed by atoms with Gasteiger partial charge in [-0.25, -0.2) is 0 Å². The lowest BCUT2D eigenvalue weighted by atomic mass is 10.2. The van der Waals surface area contributed by atoms with Crippen molar-refractivity contribution in [3.8, 4) is 0 Å². The van der Waals surface area contributed by atoms with E-state index in [0.717, 1.165) is 0 Å². The van der Waals surface area contributed by atoms with E-state index < -0.39 is 5.91 Å². The second-order valence-corrected chi connectivity index (χ2v) is 5.95. The highest BCUT2D eigenvalue weighted by Crippen LogP contribution is 2.17. The van der Waals surface area contributed by atoms with Gasteiger partial charge in [0.2, 0.25) is 0 Å². The zero-order valence-corrected chi connectivity index (χ0v) is 15.5. The maximum atomic E-state index is 12.6. The molecule has 2 N–H and O–H groups in total. The first-order chi connectivity index (χ1) is 13.0. The molecule has 3 heterocycles. The Morgan fingerprint density at radius 3 is 2.48 bits per heavy atom. The molecule has 3 aromatic heterocycles. The molecule has 3 rings (SSSR count). The summed E-state index contributed by atoms with van der Waals surface area (Å²) in [7, 11) is 0. The van der Waals surface area contributed by atoms with E-state index in [1.807, 2.05) is 13.8 Å². The summed E-state index contributed by atoms with van der Waals surface area (Å²) >= 11 is 0. The molecular formula is C18H22N6O3. The number of nitrogens with one attached hydrogen (secondary N) is 2. The molecular weight excluding hydrogens is 348 g/mol. The molecule has 3 aromatic rings. The van der Waals surface area contributed by atoms with Crippen LogP contribution in [0, 0.1) is 6.92 Å². The van der Waals surface area contributed by atoms with Crippen molar-refractivity contribution in [1.29, 1.82) is 0 Å². The lowest BCUT2D eigenvalue weighted by Gasteiger charge is -2.05. The fourth-order valence-corrected chi connectivity index (χ4v) is 2.60. The van der Waals surface area contributed by atoms with Crippen LogP contribution >= 0.6 is 0 Å². The van der Waals surface area contributed by atoms with Gasteiger partial charge in [0.15, 0.2) is 5.69 Å². The van der Waals surface area contributed by atoms with Crippen LogP contribution < -0.4 is 10.6 Å². The number of carbonyl (C=O) groups is 2. The fraction of sp³-hybridized carbons (Fsp3) is 0.333. The monoisotopic (exact) mass is 370 g/mol. The van der Waals surface area contributed by atoms with Crippen molar-refractivity contribution in [3.63, 3.8) is 0 Å². The third-order valence-corrected chi connectivity index (χ3v) is 4.07. The Bertz CT molecular complexity index is 939. The first-order valence-corrected chi connectivity index (χ1v) is 8.75. The van der Waals surface area contributed by atoms with Crippen LogP contribution in [0.25, 0.3) is 0 Å². The van der Waals surface area contributed by atoms with Gasteiger partial charge in [-0.15, -0.1) is 0 Å². The van der Waals surface area contributed by atoms with Crippen LogP contribution in [0.2, 0.25) is 0 Å². The van der Waals surface area contributed by atoms with Gasteiger partial charge >= 0.3 is 0 Å². The summed E-state index contributed by atoms with van der Waals surface area (Å²) in [6.07, 6.45) is 4.86. The molecule has 2 amide bonds. The maximum absolute atomic E-state index is 12.6. The van der Waals surface area contributed by atoms with Crippen LogP contribution in [0.3, 0.4) is 0 Å². The third kappa shape index (κ3) is 4.08. The predicted molar refractivity (Wildman–Crippen MR) is 98.4 cm³/mol. The minimum atomic E-state index is -0.394. The molecule has 0 aromatic carbocycles. The molecule has 9 heteroatoms. The SMILES string of the molecule is CCn1cc(C(=O)Nc2cn(CC)nc2C(=O)NCc2ccco2)c(C)n1. The maximum Gasteiger partial charge on any atom is 0.274 e. The Morgan fingerprint density at radius 2 is 1.85 bits per heavy atom. The fourth-order valence-electron chi connectivity index (χ4n) is 2.60. The van der Waals surface area contributed by atoms with E-state index in [4.69, 9.17) is 4.42 Å². The van der Waals surface area contributed by atoms with Crippen LogP contribution in [-0.4, -0.2) is 31.4 Å². The molecule has 9 nitrogen and oxygen atoms in total. The number of amides is 2. The van der Waals surface area contributed by atoms with Crippen molar-refractivity contribution in [2.24, 2.45) is 0 Å². The summed E-state index contributed by atoms with van der Waals surface area (Å²) < 4.78 is 8.49. The molecule has 27 heavy (non-hydrogen) atoms. The van der Waals surface area contributed by atoms with Gasteiger partial charge in [0.1, 0.15) is 5.76 Å². The Labute approximate surface area is 156 Å². The van der Waals surface area contributed by atoms with E-state index in [-0.39, 0.29) is 18.1 Å². The van der Waals surface area contributed by atoms with E-state index in [1.54, 1.807) is 40.8 Å². The van der Waals surface area contributed by atoms with Gasteiger partial charge in [-0.3, -0.25) is 19.0 Å². The molecule has 0 aliphatic heterocycles. The number of aromatic nitrogens is 4. The Kier molecular flexibility index (Phi) is 5.39. The van der Waals surface area contributed by atoms with Gasteiger partial charge in [-0.1, -0.05) is 0 Å². The van der Waals surface area contributed by atoms with Gasteiger partial charge < -0.3 is 15.1 Å². The molecule has 0 aliphatic carbocycles. The Balaban J connectivity index is 1.78. The van der Waals surface area contributed by atoms with E-state index in [2.05, 4.69) is 20.8 Å². The highest BCUT2D eigenvalue weighted by Gasteiger charge is 2.21. The molecule has 0 spiro atoms. The summed E-state index contributed by atoms with van der Waals surface area (Å²) in [5, 5.41) is 14.0. The van der Waals surface area contributed by atoms with Crippen molar-refractivity contribution in [1.82, 2.24) is 24.9 Å². The first kappa shape index (κ1) is 18.4. The lowest BCUT2D eigenvalue weighted by molar-refractivity contribution is 0.0943. The highest BCUT2D eigenvalue weighted by atomic mass is 16.3. The number of aryl methyl sites for hydroxylation is 3. The summed E-state index contributed by atoms with van der Waals surface area (Å²) in [4.78, 5) is 25.2. The summed E-state index contributed by atoms with van der Waals surface area (Å²) in [5.74, 6) is -0.0933. The third-order valence-electron chi connectivity index (χ3n) is 4.07. The number of furan rings is 1. The normalized spacial score (nSPS) is 10.8.